The number of fused-ring (bicyclic) bond motifs is 1. The van der Waals surface area contributed by atoms with Gasteiger partial charge in [0.25, 0.3) is 5.91 Å². The molecule has 0 unspecified atom stereocenters. The van der Waals surface area contributed by atoms with E-state index >= 15 is 0 Å². The van der Waals surface area contributed by atoms with E-state index in [1.165, 1.54) is 29.5 Å². The second kappa shape index (κ2) is 9.27. The molecule has 0 aliphatic heterocycles. The number of benzene rings is 2. The number of aliphatic hydroxyl groups is 1. The Morgan fingerprint density at radius 2 is 2.03 bits per heavy atom. The van der Waals surface area contributed by atoms with Gasteiger partial charge in [-0.25, -0.2) is 13.8 Å². The number of aryl methyl sites for hydroxylation is 1. The van der Waals surface area contributed by atoms with Crippen LogP contribution in [0.1, 0.15) is 39.5 Å². The Labute approximate surface area is 200 Å². The molecule has 34 heavy (non-hydrogen) atoms. The molecule has 0 atom stereocenters. The molecule has 2 aromatic carbocycles. The molecule has 1 saturated carbocycles. The zero-order valence-electron chi connectivity index (χ0n) is 18.8. The van der Waals surface area contributed by atoms with Gasteiger partial charge in [-0.3, -0.25) is 4.79 Å². The van der Waals surface area contributed by atoms with Gasteiger partial charge in [0.15, 0.2) is 0 Å². The first-order valence-corrected chi connectivity index (χ1v) is 12.2. The molecule has 0 radical (unpaired) electrons. The van der Waals surface area contributed by atoms with Gasteiger partial charge in [0.05, 0.1) is 16.5 Å². The molecule has 0 spiro atoms. The van der Waals surface area contributed by atoms with Crippen LogP contribution < -0.4 is 0 Å². The van der Waals surface area contributed by atoms with E-state index in [4.69, 9.17) is 0 Å². The standard InChI is InChI=1S/C26H25F2N3O2S/c1-15-30-24(25(34-15)17-4-6-22(28)19(10-17)14-32)26(33)31(13-16-2-3-16)9-8-18-12-29-23-7-5-20(27)11-21(18)23/h4-7,10-12,16,29,32H,2-3,8-9,13-14H2,1H3. The van der Waals surface area contributed by atoms with Gasteiger partial charge in [-0.05, 0) is 73.6 Å². The largest absolute Gasteiger partial charge is 0.392 e. The molecule has 1 aliphatic carbocycles. The van der Waals surface area contributed by atoms with Crippen molar-refractivity contribution in [2.75, 3.05) is 13.1 Å². The Morgan fingerprint density at radius 3 is 2.79 bits per heavy atom. The van der Waals surface area contributed by atoms with Crippen LogP contribution in [0.5, 0.6) is 0 Å². The highest BCUT2D eigenvalue weighted by Crippen LogP contribution is 2.34. The lowest BCUT2D eigenvalue weighted by Gasteiger charge is -2.22. The summed E-state index contributed by atoms with van der Waals surface area (Å²) >= 11 is 1.38. The summed E-state index contributed by atoms with van der Waals surface area (Å²) in [6.45, 7) is 2.56. The molecule has 8 heteroatoms. The molecule has 0 bridgehead atoms. The number of aliphatic hydroxyl groups excluding tert-OH is 1. The topological polar surface area (TPSA) is 69.2 Å². The second-order valence-electron chi connectivity index (χ2n) is 8.82. The van der Waals surface area contributed by atoms with Crippen LogP contribution in [0.4, 0.5) is 8.78 Å². The van der Waals surface area contributed by atoms with E-state index in [1.807, 2.05) is 18.0 Å². The summed E-state index contributed by atoms with van der Waals surface area (Å²) < 4.78 is 27.7. The van der Waals surface area contributed by atoms with Crippen LogP contribution in [0.15, 0.2) is 42.6 Å². The lowest BCUT2D eigenvalue weighted by Crippen LogP contribution is -2.35. The summed E-state index contributed by atoms with van der Waals surface area (Å²) in [5.74, 6) is -0.444. The van der Waals surface area contributed by atoms with Gasteiger partial charge >= 0.3 is 0 Å². The Hall–Kier alpha value is -3.10. The number of rotatable bonds is 8. The normalized spacial score (nSPS) is 13.5. The zero-order valence-corrected chi connectivity index (χ0v) is 19.6. The molecule has 2 N–H and O–H groups in total. The van der Waals surface area contributed by atoms with Gasteiger partial charge in [-0.2, -0.15) is 0 Å². The van der Waals surface area contributed by atoms with Crippen LogP contribution in [0.2, 0.25) is 0 Å². The van der Waals surface area contributed by atoms with E-state index in [1.54, 1.807) is 18.2 Å². The summed E-state index contributed by atoms with van der Waals surface area (Å²) in [5, 5.41) is 11.0. The number of nitrogens with one attached hydrogen (secondary N) is 1. The molecule has 4 aromatic rings. The molecule has 2 aromatic heterocycles. The van der Waals surface area contributed by atoms with E-state index in [0.29, 0.717) is 41.6 Å². The number of halogens is 2. The maximum Gasteiger partial charge on any atom is 0.274 e. The van der Waals surface area contributed by atoms with Crippen LogP contribution in [0.25, 0.3) is 21.3 Å². The Kier molecular flexibility index (Phi) is 6.18. The highest BCUT2D eigenvalue weighted by Gasteiger charge is 2.30. The maximum absolute atomic E-state index is 13.9. The number of carbonyl (C=O) groups excluding carboxylic acids is 1. The molecule has 1 fully saturated rings. The number of aromatic nitrogens is 2. The van der Waals surface area contributed by atoms with Gasteiger partial charge in [0, 0.05) is 35.8 Å². The minimum atomic E-state index is -0.481. The fraction of sp³-hybridized carbons (Fsp3) is 0.308. The smallest absolute Gasteiger partial charge is 0.274 e. The Bertz CT molecular complexity index is 1360. The summed E-state index contributed by atoms with van der Waals surface area (Å²) in [7, 11) is 0. The first-order valence-electron chi connectivity index (χ1n) is 11.3. The monoisotopic (exact) mass is 481 g/mol. The minimum absolute atomic E-state index is 0.160. The average Bonchev–Trinajstić information content (AvgIpc) is 3.44. The van der Waals surface area contributed by atoms with Crippen LogP contribution in [-0.2, 0) is 13.0 Å². The quantitative estimate of drug-likeness (QED) is 0.351. The SMILES string of the molecule is Cc1nc(C(=O)N(CCc2c[nH]c3ccc(F)cc23)CC2CC2)c(-c2ccc(F)c(CO)c2)s1. The molecule has 176 valence electrons. The Morgan fingerprint density at radius 1 is 1.21 bits per heavy atom. The summed E-state index contributed by atoms with van der Waals surface area (Å²) in [6.07, 6.45) is 4.66. The third-order valence-corrected chi connectivity index (χ3v) is 7.28. The van der Waals surface area contributed by atoms with E-state index in [-0.39, 0.29) is 17.3 Å². The van der Waals surface area contributed by atoms with Gasteiger partial charge < -0.3 is 15.0 Å². The van der Waals surface area contributed by atoms with Crippen molar-refractivity contribution in [3.63, 3.8) is 0 Å². The molecule has 1 amide bonds. The van der Waals surface area contributed by atoms with Crippen LogP contribution in [0, 0.1) is 24.5 Å². The lowest BCUT2D eigenvalue weighted by atomic mass is 10.1. The van der Waals surface area contributed by atoms with E-state index < -0.39 is 12.4 Å². The van der Waals surface area contributed by atoms with Gasteiger partial charge in [0.2, 0.25) is 0 Å². The first kappa shape index (κ1) is 22.7. The molecule has 1 aliphatic rings. The number of nitrogens with zero attached hydrogens (tertiary/aromatic N) is 2. The minimum Gasteiger partial charge on any atom is -0.392 e. The predicted molar refractivity (Wildman–Crippen MR) is 129 cm³/mol. The number of hydrogen-bond acceptors (Lipinski definition) is 4. The van der Waals surface area contributed by atoms with E-state index in [9.17, 15) is 18.7 Å². The Balaban J connectivity index is 1.43. The van der Waals surface area contributed by atoms with Crippen molar-refractivity contribution in [1.82, 2.24) is 14.9 Å². The summed E-state index contributed by atoms with van der Waals surface area (Å²) in [5.41, 5.74) is 3.03. The van der Waals surface area contributed by atoms with Gasteiger partial charge in [-0.15, -0.1) is 11.3 Å². The number of thiazole rings is 1. The van der Waals surface area contributed by atoms with Crippen LogP contribution >= 0.6 is 11.3 Å². The van der Waals surface area contributed by atoms with Crippen molar-refractivity contribution in [2.24, 2.45) is 5.92 Å². The molecular formula is C26H25F2N3O2S. The van der Waals surface area contributed by atoms with Crippen molar-refractivity contribution in [3.8, 4) is 10.4 Å². The van der Waals surface area contributed by atoms with Crippen LogP contribution in [0.3, 0.4) is 0 Å². The van der Waals surface area contributed by atoms with E-state index in [0.717, 1.165) is 34.3 Å². The fourth-order valence-electron chi connectivity index (χ4n) is 4.26. The summed E-state index contributed by atoms with van der Waals surface area (Å²) in [6, 6.07) is 9.16. The predicted octanol–water partition coefficient (Wildman–Crippen LogP) is 5.47. The first-order chi connectivity index (χ1) is 16.4. The van der Waals surface area contributed by atoms with E-state index in [2.05, 4.69) is 9.97 Å². The van der Waals surface area contributed by atoms with Gasteiger partial charge in [-0.1, -0.05) is 6.07 Å². The van der Waals surface area contributed by atoms with Crippen LogP contribution in [-0.4, -0.2) is 39.0 Å². The number of hydrogen-bond donors (Lipinski definition) is 2. The number of carbonyl (C=O) groups is 1. The molecule has 5 rings (SSSR count). The number of amides is 1. The molecular weight excluding hydrogens is 456 g/mol. The van der Waals surface area contributed by atoms with Crippen molar-refractivity contribution in [1.29, 1.82) is 0 Å². The number of aromatic amines is 1. The molecule has 2 heterocycles. The zero-order chi connectivity index (χ0) is 23.8. The number of H-pyrrole nitrogens is 1. The van der Waals surface area contributed by atoms with Crippen molar-refractivity contribution >= 4 is 28.1 Å². The summed E-state index contributed by atoms with van der Waals surface area (Å²) in [4.78, 5) is 23.9. The van der Waals surface area contributed by atoms with Crippen molar-refractivity contribution in [2.45, 2.75) is 32.8 Å². The fourth-order valence-corrected chi connectivity index (χ4v) is 5.16. The van der Waals surface area contributed by atoms with Crippen molar-refractivity contribution in [3.05, 3.63) is 76.1 Å². The third kappa shape index (κ3) is 4.60. The lowest BCUT2D eigenvalue weighted by molar-refractivity contribution is 0.0745. The third-order valence-electron chi connectivity index (χ3n) is 6.26. The maximum atomic E-state index is 13.9. The van der Waals surface area contributed by atoms with Gasteiger partial charge in [0.1, 0.15) is 17.3 Å². The second-order valence-corrected chi connectivity index (χ2v) is 10.0. The highest BCUT2D eigenvalue weighted by atomic mass is 32.1. The molecule has 5 nitrogen and oxygen atoms in total. The average molecular weight is 482 g/mol. The van der Waals surface area contributed by atoms with Crippen molar-refractivity contribution < 1.29 is 18.7 Å². The highest BCUT2D eigenvalue weighted by molar-refractivity contribution is 7.15. The molecule has 0 saturated heterocycles.